The van der Waals surface area contributed by atoms with E-state index < -0.39 is 0 Å². The van der Waals surface area contributed by atoms with Crippen molar-refractivity contribution < 1.29 is 4.74 Å². The van der Waals surface area contributed by atoms with Gasteiger partial charge >= 0.3 is 0 Å². The van der Waals surface area contributed by atoms with Gasteiger partial charge in [0, 0.05) is 6.04 Å². The van der Waals surface area contributed by atoms with Crippen LogP contribution in [-0.2, 0) is 0 Å². The Kier molecular flexibility index (Phi) is 11.0. The van der Waals surface area contributed by atoms with E-state index in [2.05, 4.69) is 39.6 Å². The maximum absolute atomic E-state index is 5.45. The van der Waals surface area contributed by atoms with Crippen molar-refractivity contribution >= 4 is 6.08 Å². The monoisotopic (exact) mass is 263 g/mol. The van der Waals surface area contributed by atoms with Crippen LogP contribution in [0.15, 0.2) is 30.8 Å². The molecule has 2 nitrogen and oxygen atoms in total. The first-order chi connectivity index (χ1) is 9.13. The Morgan fingerprint density at radius 3 is 2.47 bits per heavy atom. The lowest BCUT2D eigenvalue weighted by molar-refractivity contribution is 0.317. The van der Waals surface area contributed by atoms with Crippen molar-refractivity contribution in [2.24, 2.45) is 0 Å². The molecule has 0 amide bonds. The number of hydrogen-bond donors (Lipinski definition) is 1. The lowest BCUT2D eigenvalue weighted by atomic mass is 10.2. The van der Waals surface area contributed by atoms with Crippen LogP contribution in [-0.4, -0.2) is 19.2 Å². The molecule has 0 saturated heterocycles. The second-order valence-corrected chi connectivity index (χ2v) is 4.73. The molecular weight excluding hydrogens is 234 g/mol. The average Bonchev–Trinajstić information content (AvgIpc) is 2.43. The van der Waals surface area contributed by atoms with Gasteiger partial charge < -0.3 is 10.1 Å². The molecule has 108 valence electrons. The minimum Gasteiger partial charge on any atom is -0.494 e. The third-order valence-electron chi connectivity index (χ3n) is 2.37. The van der Waals surface area contributed by atoms with Crippen LogP contribution >= 0.6 is 0 Å². The summed E-state index contributed by atoms with van der Waals surface area (Å²) in [6.45, 7) is 14.2. The molecule has 19 heavy (non-hydrogen) atoms. The first kappa shape index (κ1) is 17.7. The fraction of sp³-hybridized carbons (Fsp3) is 0.529. The summed E-state index contributed by atoms with van der Waals surface area (Å²) in [6, 6.07) is 8.58. The lowest BCUT2D eigenvalue weighted by Gasteiger charge is -2.04. The normalized spacial score (nSPS) is 9.74. The van der Waals surface area contributed by atoms with E-state index in [4.69, 9.17) is 4.74 Å². The fourth-order valence-electron chi connectivity index (χ4n) is 1.38. The highest BCUT2D eigenvalue weighted by Crippen LogP contribution is 2.13. The summed E-state index contributed by atoms with van der Waals surface area (Å²) in [6.07, 6.45) is 4.09. The molecule has 1 rings (SSSR count). The highest BCUT2D eigenvalue weighted by Gasteiger charge is 1.92. The molecule has 1 aromatic rings. The SMILES string of the molecule is C=Cc1cccc(OCCC)c1.CCCNC(C)C. The summed E-state index contributed by atoms with van der Waals surface area (Å²) in [5.41, 5.74) is 1.10. The Labute approximate surface area is 118 Å². The van der Waals surface area contributed by atoms with Crippen LogP contribution < -0.4 is 10.1 Å². The van der Waals surface area contributed by atoms with E-state index in [0.717, 1.165) is 30.9 Å². The Morgan fingerprint density at radius 2 is 2.00 bits per heavy atom. The molecule has 0 radical (unpaired) electrons. The molecule has 0 spiro atoms. The third-order valence-corrected chi connectivity index (χ3v) is 2.37. The number of nitrogens with one attached hydrogen (secondary N) is 1. The molecule has 0 aromatic heterocycles. The predicted octanol–water partition coefficient (Wildman–Crippen LogP) is 4.51. The molecule has 0 aliphatic carbocycles. The predicted molar refractivity (Wildman–Crippen MR) is 85.7 cm³/mol. The number of rotatable bonds is 7. The molecule has 0 bridgehead atoms. The first-order valence-electron chi connectivity index (χ1n) is 7.22. The smallest absolute Gasteiger partial charge is 0.119 e. The van der Waals surface area contributed by atoms with E-state index in [1.165, 1.54) is 6.42 Å². The lowest BCUT2D eigenvalue weighted by Crippen LogP contribution is -2.22. The molecule has 0 atom stereocenters. The molecular formula is C17H29NO. The van der Waals surface area contributed by atoms with Crippen LogP contribution in [0.25, 0.3) is 6.08 Å². The standard InChI is InChI=1S/C11H14O.C6H15N/c1-3-8-12-11-7-5-6-10(4-2)9-11;1-4-5-7-6(2)3/h4-7,9H,2-3,8H2,1H3;6-7H,4-5H2,1-3H3. The van der Waals surface area contributed by atoms with Crippen molar-refractivity contribution in [2.45, 2.75) is 46.6 Å². The van der Waals surface area contributed by atoms with E-state index in [0.29, 0.717) is 6.04 Å². The highest BCUT2D eigenvalue weighted by atomic mass is 16.5. The van der Waals surface area contributed by atoms with Crippen LogP contribution in [0.4, 0.5) is 0 Å². The average molecular weight is 263 g/mol. The van der Waals surface area contributed by atoms with E-state index in [-0.39, 0.29) is 0 Å². The van der Waals surface area contributed by atoms with Gasteiger partial charge in [0.05, 0.1) is 6.61 Å². The summed E-state index contributed by atoms with van der Waals surface area (Å²) in [7, 11) is 0. The van der Waals surface area contributed by atoms with Gasteiger partial charge in [0.2, 0.25) is 0 Å². The van der Waals surface area contributed by atoms with Crippen molar-refractivity contribution in [1.82, 2.24) is 5.32 Å². The van der Waals surface area contributed by atoms with Crippen LogP contribution in [0, 0.1) is 0 Å². The fourth-order valence-corrected chi connectivity index (χ4v) is 1.38. The number of ether oxygens (including phenoxy) is 1. The van der Waals surface area contributed by atoms with Gasteiger partial charge in [-0.05, 0) is 37.1 Å². The minimum absolute atomic E-state index is 0.653. The van der Waals surface area contributed by atoms with E-state index in [1.807, 2.05) is 30.3 Å². The van der Waals surface area contributed by atoms with Crippen molar-refractivity contribution in [3.05, 3.63) is 36.4 Å². The maximum atomic E-state index is 5.45. The van der Waals surface area contributed by atoms with Gasteiger partial charge in [-0.15, -0.1) is 0 Å². The zero-order valence-corrected chi connectivity index (χ0v) is 12.9. The molecule has 1 aromatic carbocycles. The Morgan fingerprint density at radius 1 is 1.26 bits per heavy atom. The van der Waals surface area contributed by atoms with E-state index in [1.54, 1.807) is 0 Å². The first-order valence-corrected chi connectivity index (χ1v) is 7.22. The zero-order valence-electron chi connectivity index (χ0n) is 12.9. The third kappa shape index (κ3) is 10.3. The summed E-state index contributed by atoms with van der Waals surface area (Å²) in [5, 5.41) is 3.30. The van der Waals surface area contributed by atoms with Gasteiger partial charge in [0.1, 0.15) is 5.75 Å². The highest BCUT2D eigenvalue weighted by molar-refractivity contribution is 5.49. The molecule has 0 saturated carbocycles. The van der Waals surface area contributed by atoms with Crippen molar-refractivity contribution in [3.63, 3.8) is 0 Å². The largest absolute Gasteiger partial charge is 0.494 e. The van der Waals surface area contributed by atoms with E-state index in [9.17, 15) is 0 Å². The summed E-state index contributed by atoms with van der Waals surface area (Å²) in [5.74, 6) is 0.925. The van der Waals surface area contributed by atoms with Gasteiger partial charge in [-0.1, -0.05) is 52.5 Å². The summed E-state index contributed by atoms with van der Waals surface area (Å²) >= 11 is 0. The molecule has 0 heterocycles. The van der Waals surface area contributed by atoms with Crippen LogP contribution in [0.2, 0.25) is 0 Å². The molecule has 1 N–H and O–H groups in total. The second-order valence-electron chi connectivity index (χ2n) is 4.73. The van der Waals surface area contributed by atoms with Crippen LogP contribution in [0.3, 0.4) is 0 Å². The molecule has 0 aliphatic rings. The van der Waals surface area contributed by atoms with Crippen molar-refractivity contribution in [1.29, 1.82) is 0 Å². The number of hydrogen-bond acceptors (Lipinski definition) is 2. The maximum Gasteiger partial charge on any atom is 0.119 e. The van der Waals surface area contributed by atoms with Gasteiger partial charge in [0.25, 0.3) is 0 Å². The van der Waals surface area contributed by atoms with Gasteiger partial charge in [-0.2, -0.15) is 0 Å². The number of benzene rings is 1. The van der Waals surface area contributed by atoms with Crippen molar-refractivity contribution in [2.75, 3.05) is 13.2 Å². The summed E-state index contributed by atoms with van der Waals surface area (Å²) < 4.78 is 5.45. The Hall–Kier alpha value is -1.28. The van der Waals surface area contributed by atoms with Crippen LogP contribution in [0.5, 0.6) is 5.75 Å². The Bertz CT molecular complexity index is 334. The van der Waals surface area contributed by atoms with Crippen molar-refractivity contribution in [3.8, 4) is 5.75 Å². The van der Waals surface area contributed by atoms with Crippen LogP contribution in [0.1, 0.15) is 46.1 Å². The molecule has 0 unspecified atom stereocenters. The Balaban J connectivity index is 0.000000399. The van der Waals surface area contributed by atoms with Gasteiger partial charge in [0.15, 0.2) is 0 Å². The quantitative estimate of drug-likeness (QED) is 0.781. The molecule has 0 fully saturated rings. The second kappa shape index (κ2) is 11.8. The van der Waals surface area contributed by atoms with Gasteiger partial charge in [-0.3, -0.25) is 0 Å². The zero-order chi connectivity index (χ0) is 14.5. The summed E-state index contributed by atoms with van der Waals surface area (Å²) in [4.78, 5) is 0. The molecule has 0 aliphatic heterocycles. The van der Waals surface area contributed by atoms with Gasteiger partial charge in [-0.25, -0.2) is 0 Å². The van der Waals surface area contributed by atoms with E-state index >= 15 is 0 Å². The minimum atomic E-state index is 0.653. The molecule has 2 heteroatoms. The topological polar surface area (TPSA) is 21.3 Å².